The smallest absolute Gasteiger partial charge is 0.349 e. The van der Waals surface area contributed by atoms with E-state index in [9.17, 15) is 28.8 Å². The van der Waals surface area contributed by atoms with E-state index in [4.69, 9.17) is 8.83 Å². The molecule has 0 aliphatic carbocycles. The average Bonchev–Trinajstić information content (AvgIpc) is 2.83. The van der Waals surface area contributed by atoms with Crippen LogP contribution in [-0.4, -0.2) is 23.6 Å². The van der Waals surface area contributed by atoms with Crippen LogP contribution in [-0.2, 0) is 35.3 Å². The number of unbranched alkanes of at least 4 members (excludes halogenated alkanes) is 2. The molecule has 0 fully saturated rings. The van der Waals surface area contributed by atoms with Crippen LogP contribution in [0.15, 0.2) is 24.5 Å². The minimum atomic E-state index is -0.487. The third-order valence-corrected chi connectivity index (χ3v) is 6.99. The summed E-state index contributed by atoms with van der Waals surface area (Å²) in [6.45, 7) is 5.82. The topological polar surface area (TPSA) is 153 Å². The van der Waals surface area contributed by atoms with E-state index in [1.54, 1.807) is 6.08 Å². The second-order valence-corrected chi connectivity index (χ2v) is 9.50. The van der Waals surface area contributed by atoms with E-state index in [0.29, 0.717) is 44.2 Å². The van der Waals surface area contributed by atoms with Crippen molar-refractivity contribution in [1.29, 1.82) is 0 Å². The maximum atomic E-state index is 12.1. The summed E-state index contributed by atoms with van der Waals surface area (Å²) in [5.41, 5.74) is 1.42. The minimum absolute atomic E-state index is 0.0553. The number of carbonyl (C=O) groups excluding carboxylic acids is 4. The van der Waals surface area contributed by atoms with Gasteiger partial charge in [-0.3, -0.25) is 29.8 Å². The number of allylic oxidation sites excluding steroid dienone is 1. The largest absolute Gasteiger partial charge is 0.426 e. The molecule has 4 amide bonds. The number of amides is 4. The zero-order chi connectivity index (χ0) is 27.3. The number of imide groups is 2. The third-order valence-electron chi connectivity index (χ3n) is 5.90. The highest BCUT2D eigenvalue weighted by atomic mass is 127. The van der Waals surface area contributed by atoms with Crippen LogP contribution < -0.4 is 21.9 Å². The Morgan fingerprint density at radius 1 is 0.784 bits per heavy atom. The van der Waals surface area contributed by atoms with Crippen LogP contribution >= 0.6 is 22.6 Å². The molecule has 2 N–H and O–H groups in total. The third kappa shape index (κ3) is 6.14. The molecule has 0 unspecified atom stereocenters. The van der Waals surface area contributed by atoms with Gasteiger partial charge in [0.15, 0.2) is 0 Å². The molecule has 196 valence electrons. The Kier molecular flexibility index (Phi) is 9.35. The molecule has 2 aliphatic heterocycles. The van der Waals surface area contributed by atoms with Gasteiger partial charge in [0, 0.05) is 0 Å². The summed E-state index contributed by atoms with van der Waals surface area (Å²) in [6, 6.07) is 0. The number of hydrogen-bond donors (Lipinski definition) is 2. The van der Waals surface area contributed by atoms with Crippen molar-refractivity contribution in [2.24, 2.45) is 0 Å². The van der Waals surface area contributed by atoms with Crippen molar-refractivity contribution in [3.8, 4) is 0 Å². The Morgan fingerprint density at radius 3 is 1.81 bits per heavy atom. The Hall–Kier alpha value is -3.35. The molecule has 2 aromatic rings. The van der Waals surface area contributed by atoms with Gasteiger partial charge in [-0.2, -0.15) is 0 Å². The molecule has 2 aliphatic rings. The lowest BCUT2D eigenvalue weighted by Gasteiger charge is -2.17. The summed E-state index contributed by atoms with van der Waals surface area (Å²) in [4.78, 5) is 69.7. The van der Waals surface area contributed by atoms with Crippen molar-refractivity contribution in [2.75, 3.05) is 0 Å². The summed E-state index contributed by atoms with van der Waals surface area (Å²) in [6.07, 6.45) is 7.61. The Bertz CT molecular complexity index is 1420. The van der Waals surface area contributed by atoms with E-state index in [-0.39, 0.29) is 24.4 Å². The Balaban J connectivity index is 0.000000213. The average molecular weight is 622 g/mol. The van der Waals surface area contributed by atoms with Gasteiger partial charge in [-0.05, 0) is 53.0 Å². The van der Waals surface area contributed by atoms with Gasteiger partial charge >= 0.3 is 11.3 Å². The molecule has 0 aromatic carbocycles. The molecule has 0 saturated heterocycles. The molecule has 11 heteroatoms. The van der Waals surface area contributed by atoms with Crippen molar-refractivity contribution in [3.05, 3.63) is 69.8 Å². The summed E-state index contributed by atoms with van der Waals surface area (Å²) in [5.74, 6) is -1.49. The highest BCUT2D eigenvalue weighted by Gasteiger charge is 2.30. The van der Waals surface area contributed by atoms with Crippen LogP contribution in [0.4, 0.5) is 0 Å². The molecule has 4 heterocycles. The summed E-state index contributed by atoms with van der Waals surface area (Å²) in [5, 5.41) is 4.48. The molecular weight excluding hydrogens is 595 g/mol. The van der Waals surface area contributed by atoms with Crippen LogP contribution in [0, 0.1) is 3.57 Å². The van der Waals surface area contributed by atoms with E-state index in [2.05, 4.69) is 17.6 Å². The fourth-order valence-electron chi connectivity index (χ4n) is 4.18. The van der Waals surface area contributed by atoms with Crippen molar-refractivity contribution < 1.29 is 28.0 Å². The fourth-order valence-corrected chi connectivity index (χ4v) is 4.94. The first-order valence-electron chi connectivity index (χ1n) is 12.0. The summed E-state index contributed by atoms with van der Waals surface area (Å²) < 4.78 is 10.6. The molecule has 0 bridgehead atoms. The van der Waals surface area contributed by atoms with E-state index >= 15 is 0 Å². The van der Waals surface area contributed by atoms with Gasteiger partial charge in [0.25, 0.3) is 11.8 Å². The molecule has 37 heavy (non-hydrogen) atoms. The van der Waals surface area contributed by atoms with Crippen molar-refractivity contribution >= 4 is 52.3 Å². The zero-order valence-corrected chi connectivity index (χ0v) is 22.9. The lowest BCUT2D eigenvalue weighted by Crippen LogP contribution is -2.39. The summed E-state index contributed by atoms with van der Waals surface area (Å²) in [7, 11) is 0. The van der Waals surface area contributed by atoms with Gasteiger partial charge in [-0.25, -0.2) is 9.59 Å². The monoisotopic (exact) mass is 622 g/mol. The lowest BCUT2D eigenvalue weighted by molar-refractivity contribution is -0.121. The number of fused-ring (bicyclic) bond motifs is 2. The zero-order valence-electron chi connectivity index (χ0n) is 20.7. The highest BCUT2D eigenvalue weighted by Crippen LogP contribution is 2.23. The Labute approximate surface area is 226 Å². The molecule has 4 rings (SSSR count). The van der Waals surface area contributed by atoms with Gasteiger partial charge in [0.1, 0.15) is 15.1 Å². The molecule has 0 saturated carbocycles. The summed E-state index contributed by atoms with van der Waals surface area (Å²) >= 11 is 1.86. The minimum Gasteiger partial charge on any atom is -0.426 e. The maximum Gasteiger partial charge on any atom is 0.349 e. The number of rotatable bonds is 6. The maximum absolute atomic E-state index is 12.1. The predicted molar refractivity (Wildman–Crippen MR) is 142 cm³/mol. The van der Waals surface area contributed by atoms with Crippen molar-refractivity contribution in [2.45, 2.75) is 65.7 Å². The molecule has 2 aromatic heterocycles. The molecule has 0 spiro atoms. The van der Waals surface area contributed by atoms with Gasteiger partial charge < -0.3 is 8.83 Å². The van der Waals surface area contributed by atoms with E-state index in [0.717, 1.165) is 19.3 Å². The first kappa shape index (κ1) is 28.2. The van der Waals surface area contributed by atoms with Gasteiger partial charge in [0.2, 0.25) is 11.8 Å². The number of hydrogen-bond acceptors (Lipinski definition) is 8. The second kappa shape index (κ2) is 12.3. The van der Waals surface area contributed by atoms with Crippen LogP contribution in [0.5, 0.6) is 0 Å². The number of halogens is 1. The fraction of sp³-hybridized carbons (Fsp3) is 0.385. The first-order chi connectivity index (χ1) is 17.6. The molecule has 10 nitrogen and oxygen atoms in total. The van der Waals surface area contributed by atoms with Gasteiger partial charge in [-0.15, -0.1) is 0 Å². The molecular formula is C26H27IN2O8. The van der Waals surface area contributed by atoms with E-state index < -0.39 is 34.9 Å². The lowest BCUT2D eigenvalue weighted by atomic mass is 9.95. The normalized spacial score (nSPS) is 14.5. The predicted octanol–water partition coefficient (Wildman–Crippen LogP) is 2.84. The SMILES string of the molecule is CCCC/C=C/c1c(CC)c2c(oc1=O)CC(=O)NC2=O.CCc1c2c(oc(=O)c1I)CC(=O)NC2=O. The molecule has 0 atom stereocenters. The quantitative estimate of drug-likeness (QED) is 0.284. The van der Waals surface area contributed by atoms with Gasteiger partial charge in [0.05, 0.1) is 29.5 Å². The number of nitrogens with one attached hydrogen (secondary N) is 2. The van der Waals surface area contributed by atoms with Crippen molar-refractivity contribution in [1.82, 2.24) is 10.6 Å². The van der Waals surface area contributed by atoms with Gasteiger partial charge in [-0.1, -0.05) is 45.8 Å². The van der Waals surface area contributed by atoms with E-state index in [1.165, 1.54) is 0 Å². The molecule has 0 radical (unpaired) electrons. The number of carbonyl (C=O) groups is 4. The van der Waals surface area contributed by atoms with Crippen LogP contribution in [0.2, 0.25) is 0 Å². The highest BCUT2D eigenvalue weighted by molar-refractivity contribution is 14.1. The standard InChI is InChI=1S/C16H19NO4.C10H8INO4/c1-3-5-6-7-8-11-10(4-2)14-12(21-16(11)20)9-13(18)17-15(14)19;1-2-4-7-5(16-10(15)8(4)11)3-6(13)12-9(7)14/h7-8H,3-6,9H2,1-2H3,(H,17,18,19);2-3H2,1H3,(H,12,13,14)/b8-7+;. The second-order valence-electron chi connectivity index (χ2n) is 8.42. The van der Waals surface area contributed by atoms with Crippen molar-refractivity contribution in [3.63, 3.8) is 0 Å². The van der Waals surface area contributed by atoms with Crippen LogP contribution in [0.25, 0.3) is 6.08 Å². The van der Waals surface area contributed by atoms with E-state index in [1.807, 2.05) is 42.5 Å². The van der Waals surface area contributed by atoms with Crippen LogP contribution in [0.3, 0.4) is 0 Å². The van der Waals surface area contributed by atoms with Crippen LogP contribution in [0.1, 0.15) is 89.0 Å². The Morgan fingerprint density at radius 2 is 1.30 bits per heavy atom. The first-order valence-corrected chi connectivity index (χ1v) is 13.1.